The second-order valence-electron chi connectivity index (χ2n) is 2.79. The molecule has 0 saturated carbocycles. The Bertz CT molecular complexity index is 305. The number of aromatic nitrogens is 1. The van der Waals surface area contributed by atoms with E-state index < -0.39 is 6.16 Å². The number of carbonyl (C=O) groups is 1. The molecular weight excluding hydrogens is 158 g/mol. The van der Waals surface area contributed by atoms with Crippen LogP contribution >= 0.6 is 0 Å². The maximum absolute atomic E-state index is 10.3. The first-order valence-electron chi connectivity index (χ1n) is 3.82. The molecule has 0 fully saturated rings. The lowest BCUT2D eigenvalue weighted by Gasteiger charge is -2.06. The lowest BCUT2D eigenvalue weighted by Crippen LogP contribution is -2.05. The van der Waals surface area contributed by atoms with Gasteiger partial charge < -0.3 is 14.4 Å². The van der Waals surface area contributed by atoms with Gasteiger partial charge in [-0.25, -0.2) is 4.79 Å². The zero-order valence-corrected chi connectivity index (χ0v) is 6.43. The number of carboxylic acid groups (broad SMARTS) is 1. The van der Waals surface area contributed by atoms with Crippen molar-refractivity contribution in [1.82, 2.24) is 4.57 Å². The average molecular weight is 167 g/mol. The Morgan fingerprint density at radius 1 is 1.75 bits per heavy atom. The van der Waals surface area contributed by atoms with E-state index in [0.29, 0.717) is 0 Å². The molecule has 0 saturated heterocycles. The Morgan fingerprint density at radius 3 is 3.33 bits per heavy atom. The smallest absolute Gasteiger partial charge is 0.450 e. The number of fused-ring (bicyclic) bond motifs is 1. The summed E-state index contributed by atoms with van der Waals surface area (Å²) in [6.07, 6.45) is 1.22. The molecule has 1 aromatic heterocycles. The predicted molar refractivity (Wildman–Crippen MR) is 40.9 cm³/mol. The molecule has 4 heteroatoms. The highest BCUT2D eigenvalue weighted by Gasteiger charge is 2.24. The number of rotatable bonds is 1. The molecule has 1 aromatic rings. The molecule has 1 N–H and O–H groups in total. The molecule has 4 nitrogen and oxygen atoms in total. The lowest BCUT2D eigenvalue weighted by molar-refractivity contribution is 0.0519. The molecule has 1 unspecified atom stereocenters. The van der Waals surface area contributed by atoms with Gasteiger partial charge in [-0.3, -0.25) is 0 Å². The molecule has 0 aliphatic carbocycles. The van der Waals surface area contributed by atoms with E-state index in [0.717, 1.165) is 18.7 Å². The highest BCUT2D eigenvalue weighted by molar-refractivity contribution is 5.57. The molecule has 0 radical (unpaired) electrons. The molecule has 64 valence electrons. The van der Waals surface area contributed by atoms with Gasteiger partial charge in [0.25, 0.3) is 0 Å². The van der Waals surface area contributed by atoms with Crippen LogP contribution < -0.4 is 0 Å². The second kappa shape index (κ2) is 2.55. The fourth-order valence-electron chi connectivity index (χ4n) is 1.57. The highest BCUT2D eigenvalue weighted by Crippen LogP contribution is 2.28. The lowest BCUT2D eigenvalue weighted by atomic mass is 10.2. The van der Waals surface area contributed by atoms with Crippen molar-refractivity contribution in [2.24, 2.45) is 0 Å². The minimum atomic E-state index is -1.20. The highest BCUT2D eigenvalue weighted by atomic mass is 16.7. The van der Waals surface area contributed by atoms with Crippen LogP contribution in [0.25, 0.3) is 0 Å². The summed E-state index contributed by atoms with van der Waals surface area (Å²) in [4.78, 5) is 10.3. The maximum Gasteiger partial charge on any atom is 0.506 e. The summed E-state index contributed by atoms with van der Waals surface area (Å²) in [7, 11) is 0. The van der Waals surface area contributed by atoms with E-state index in [1.165, 1.54) is 0 Å². The Morgan fingerprint density at radius 2 is 2.58 bits per heavy atom. The fourth-order valence-corrected chi connectivity index (χ4v) is 1.57. The zero-order valence-electron chi connectivity index (χ0n) is 6.43. The number of ether oxygens (including phenoxy) is 1. The van der Waals surface area contributed by atoms with Crippen molar-refractivity contribution in [3.8, 4) is 0 Å². The van der Waals surface area contributed by atoms with Crippen molar-refractivity contribution in [3.05, 3.63) is 24.0 Å². The fraction of sp³-hybridized carbons (Fsp3) is 0.375. The quantitative estimate of drug-likeness (QED) is 0.646. The SMILES string of the molecule is O=C(O)OC1CCn2cccc21. The molecule has 0 amide bonds. The van der Waals surface area contributed by atoms with Crippen LogP contribution in [0, 0.1) is 0 Å². The van der Waals surface area contributed by atoms with Crippen molar-refractivity contribution >= 4 is 6.16 Å². The molecule has 1 aliphatic heterocycles. The maximum atomic E-state index is 10.3. The topological polar surface area (TPSA) is 51.5 Å². The van der Waals surface area contributed by atoms with Gasteiger partial charge in [-0.15, -0.1) is 0 Å². The largest absolute Gasteiger partial charge is 0.506 e. The Hall–Kier alpha value is -1.45. The van der Waals surface area contributed by atoms with Crippen LogP contribution in [0.2, 0.25) is 0 Å². The summed E-state index contributed by atoms with van der Waals surface area (Å²) >= 11 is 0. The van der Waals surface area contributed by atoms with Gasteiger partial charge in [0.1, 0.15) is 6.10 Å². The number of aryl methyl sites for hydroxylation is 1. The van der Waals surface area contributed by atoms with Gasteiger partial charge in [0.2, 0.25) is 0 Å². The van der Waals surface area contributed by atoms with E-state index in [4.69, 9.17) is 9.84 Å². The van der Waals surface area contributed by atoms with Crippen molar-refractivity contribution in [2.75, 3.05) is 0 Å². The van der Waals surface area contributed by atoms with Crippen LogP contribution in [-0.4, -0.2) is 15.8 Å². The van der Waals surface area contributed by atoms with Crippen LogP contribution in [0.3, 0.4) is 0 Å². The van der Waals surface area contributed by atoms with E-state index in [1.807, 2.05) is 22.9 Å². The minimum absolute atomic E-state index is 0.266. The second-order valence-corrected chi connectivity index (χ2v) is 2.79. The number of hydrogen-bond acceptors (Lipinski definition) is 2. The molecule has 12 heavy (non-hydrogen) atoms. The van der Waals surface area contributed by atoms with E-state index >= 15 is 0 Å². The van der Waals surface area contributed by atoms with Gasteiger partial charge in [0.15, 0.2) is 0 Å². The van der Waals surface area contributed by atoms with Crippen LogP contribution in [0.15, 0.2) is 18.3 Å². The molecule has 2 heterocycles. The van der Waals surface area contributed by atoms with Crippen LogP contribution in [-0.2, 0) is 11.3 Å². The molecule has 1 atom stereocenters. The van der Waals surface area contributed by atoms with E-state index in [1.54, 1.807) is 0 Å². The standard InChI is InChI=1S/C8H9NO3/c10-8(11)12-7-3-5-9-4-1-2-6(7)9/h1-2,4,7H,3,5H2,(H,10,11). The Balaban J connectivity index is 2.17. The first-order valence-corrected chi connectivity index (χ1v) is 3.82. The summed E-state index contributed by atoms with van der Waals surface area (Å²) in [6, 6.07) is 3.79. The van der Waals surface area contributed by atoms with Gasteiger partial charge in [-0.1, -0.05) is 0 Å². The van der Waals surface area contributed by atoms with Crippen LogP contribution in [0.1, 0.15) is 18.2 Å². The van der Waals surface area contributed by atoms with Gasteiger partial charge in [0, 0.05) is 19.2 Å². The Labute approximate surface area is 69.4 Å². The first-order chi connectivity index (χ1) is 5.77. The summed E-state index contributed by atoms with van der Waals surface area (Å²) in [5, 5.41) is 8.41. The predicted octanol–water partition coefficient (Wildman–Crippen LogP) is 1.63. The van der Waals surface area contributed by atoms with E-state index in [9.17, 15) is 4.79 Å². The third-order valence-electron chi connectivity index (χ3n) is 2.07. The molecule has 0 spiro atoms. The van der Waals surface area contributed by atoms with E-state index in [-0.39, 0.29) is 6.10 Å². The third-order valence-corrected chi connectivity index (χ3v) is 2.07. The third kappa shape index (κ3) is 1.05. The van der Waals surface area contributed by atoms with Gasteiger partial charge in [-0.2, -0.15) is 0 Å². The van der Waals surface area contributed by atoms with Crippen molar-refractivity contribution in [3.63, 3.8) is 0 Å². The van der Waals surface area contributed by atoms with Crippen molar-refractivity contribution in [2.45, 2.75) is 19.1 Å². The van der Waals surface area contributed by atoms with Crippen molar-refractivity contribution < 1.29 is 14.6 Å². The van der Waals surface area contributed by atoms with Gasteiger partial charge in [-0.05, 0) is 12.1 Å². The molecule has 1 aliphatic rings. The van der Waals surface area contributed by atoms with Crippen molar-refractivity contribution in [1.29, 1.82) is 0 Å². The minimum Gasteiger partial charge on any atom is -0.450 e. The molecular formula is C8H9NO3. The summed E-state index contributed by atoms with van der Waals surface area (Å²) in [5.74, 6) is 0. The molecule has 0 bridgehead atoms. The monoisotopic (exact) mass is 167 g/mol. The average Bonchev–Trinajstić information content (AvgIpc) is 2.52. The normalized spacial score (nSPS) is 20.5. The zero-order chi connectivity index (χ0) is 8.55. The Kier molecular flexibility index (Phi) is 1.53. The summed E-state index contributed by atoms with van der Waals surface area (Å²) in [6.45, 7) is 0.848. The molecule has 2 rings (SSSR count). The van der Waals surface area contributed by atoms with E-state index in [2.05, 4.69) is 0 Å². The van der Waals surface area contributed by atoms with Crippen LogP contribution in [0.4, 0.5) is 4.79 Å². The number of nitrogens with zero attached hydrogens (tertiary/aromatic N) is 1. The van der Waals surface area contributed by atoms with Gasteiger partial charge in [0.05, 0.1) is 5.69 Å². The van der Waals surface area contributed by atoms with Crippen LogP contribution in [0.5, 0.6) is 0 Å². The van der Waals surface area contributed by atoms with Gasteiger partial charge >= 0.3 is 6.16 Å². The molecule has 0 aromatic carbocycles. The first kappa shape index (κ1) is 7.21. The number of hydrogen-bond donors (Lipinski definition) is 1. The summed E-state index contributed by atoms with van der Waals surface area (Å²) < 4.78 is 6.70. The summed E-state index contributed by atoms with van der Waals surface area (Å²) in [5.41, 5.74) is 0.956.